The molecule has 0 radical (unpaired) electrons. The molecular formula is C42H27N5. The molecule has 0 saturated carbocycles. The summed E-state index contributed by atoms with van der Waals surface area (Å²) < 4.78 is 0. The first-order chi connectivity index (χ1) is 23.3. The lowest BCUT2D eigenvalue weighted by Crippen LogP contribution is -1.99. The maximum Gasteiger partial charge on any atom is 0.122 e. The van der Waals surface area contributed by atoms with Gasteiger partial charge in [-0.3, -0.25) is 9.97 Å². The molecule has 0 saturated heterocycles. The summed E-state index contributed by atoms with van der Waals surface area (Å²) in [6.07, 6.45) is 7.31. The highest BCUT2D eigenvalue weighted by Crippen LogP contribution is 2.44. The monoisotopic (exact) mass is 601 g/mol. The summed E-state index contributed by atoms with van der Waals surface area (Å²) in [6.45, 7) is 0. The average molecular weight is 602 g/mol. The van der Waals surface area contributed by atoms with Gasteiger partial charge in [0.2, 0.25) is 0 Å². The Kier molecular flexibility index (Phi) is 6.39. The molecule has 0 unspecified atom stereocenters. The highest BCUT2D eigenvalue weighted by Gasteiger charge is 2.19. The van der Waals surface area contributed by atoms with Crippen LogP contribution >= 0.6 is 0 Å². The number of benzene rings is 6. The highest BCUT2D eigenvalue weighted by molar-refractivity contribution is 6.21. The molecule has 0 bridgehead atoms. The van der Waals surface area contributed by atoms with Crippen LogP contribution in [0.3, 0.4) is 0 Å². The first-order valence-electron chi connectivity index (χ1n) is 15.6. The van der Waals surface area contributed by atoms with E-state index >= 15 is 0 Å². The molecule has 0 aliphatic carbocycles. The Labute approximate surface area is 271 Å². The van der Waals surface area contributed by atoms with Gasteiger partial charge in [0, 0.05) is 47.0 Å². The minimum Gasteiger partial charge on any atom is -0.264 e. The Balaban J connectivity index is 1.27. The van der Waals surface area contributed by atoms with Crippen LogP contribution < -0.4 is 0 Å². The summed E-state index contributed by atoms with van der Waals surface area (Å²) in [5.41, 5.74) is 11.2. The van der Waals surface area contributed by atoms with Gasteiger partial charge in [-0.1, -0.05) is 115 Å². The van der Waals surface area contributed by atoms with Crippen molar-refractivity contribution in [1.29, 1.82) is 0 Å². The molecule has 5 nitrogen and oxygen atoms in total. The maximum absolute atomic E-state index is 5.12. The third-order valence-electron chi connectivity index (χ3n) is 8.85. The molecule has 47 heavy (non-hydrogen) atoms. The van der Waals surface area contributed by atoms with E-state index < -0.39 is 0 Å². The minimum absolute atomic E-state index is 0.813. The van der Waals surface area contributed by atoms with E-state index in [1.165, 1.54) is 38.2 Å². The van der Waals surface area contributed by atoms with E-state index in [4.69, 9.17) is 10.2 Å². The summed E-state index contributed by atoms with van der Waals surface area (Å²) in [7, 11) is 0. The summed E-state index contributed by atoms with van der Waals surface area (Å²) >= 11 is 0. The van der Waals surface area contributed by atoms with E-state index in [-0.39, 0.29) is 0 Å². The predicted octanol–water partition coefficient (Wildman–Crippen LogP) is 10.2. The fourth-order valence-electron chi connectivity index (χ4n) is 6.76. The number of aromatic nitrogens is 5. The largest absolute Gasteiger partial charge is 0.264 e. The van der Waals surface area contributed by atoms with Crippen molar-refractivity contribution in [3.8, 4) is 50.2 Å². The van der Waals surface area contributed by atoms with Crippen LogP contribution in [0.5, 0.6) is 0 Å². The topological polar surface area (TPSA) is 56.5 Å². The van der Waals surface area contributed by atoms with Gasteiger partial charge in [-0.25, -0.2) is 0 Å². The van der Waals surface area contributed by atoms with Gasteiger partial charge >= 0.3 is 0 Å². The minimum atomic E-state index is 0.813. The van der Waals surface area contributed by atoms with E-state index in [1.54, 1.807) is 17.2 Å². The van der Waals surface area contributed by atoms with E-state index in [2.05, 4.69) is 137 Å². The van der Waals surface area contributed by atoms with Crippen molar-refractivity contribution in [3.63, 3.8) is 0 Å². The fraction of sp³-hybridized carbons (Fsp3) is 0. The molecule has 0 atom stereocenters. The van der Waals surface area contributed by atoms with Crippen LogP contribution in [0.2, 0.25) is 0 Å². The van der Waals surface area contributed by atoms with Crippen molar-refractivity contribution in [2.45, 2.75) is 0 Å². The molecule has 3 heterocycles. The van der Waals surface area contributed by atoms with Crippen LogP contribution in [0.1, 0.15) is 0 Å². The fourth-order valence-corrected chi connectivity index (χ4v) is 6.76. The number of hydrogen-bond donors (Lipinski definition) is 0. The zero-order valence-electron chi connectivity index (χ0n) is 25.3. The van der Waals surface area contributed by atoms with Gasteiger partial charge in [-0.05, 0) is 68.1 Å². The summed E-state index contributed by atoms with van der Waals surface area (Å²) in [6, 6.07) is 48.9. The Bertz CT molecular complexity index is 2420. The zero-order valence-corrected chi connectivity index (χ0v) is 25.3. The number of nitrogens with zero attached hydrogens (tertiary/aromatic N) is 5. The molecule has 9 rings (SSSR count). The van der Waals surface area contributed by atoms with Crippen LogP contribution in [0, 0.1) is 0 Å². The van der Waals surface area contributed by atoms with Crippen LogP contribution in [-0.2, 0) is 0 Å². The second kappa shape index (κ2) is 11.2. The van der Waals surface area contributed by atoms with Gasteiger partial charge in [0.05, 0.1) is 5.69 Å². The average Bonchev–Trinajstić information content (AvgIpc) is 3.60. The molecule has 0 amide bonds. The van der Waals surface area contributed by atoms with Crippen molar-refractivity contribution in [3.05, 3.63) is 164 Å². The Morgan fingerprint density at radius 1 is 0.383 bits per heavy atom. The Morgan fingerprint density at radius 2 is 0.851 bits per heavy atom. The van der Waals surface area contributed by atoms with Crippen LogP contribution in [0.4, 0.5) is 0 Å². The van der Waals surface area contributed by atoms with Crippen molar-refractivity contribution < 1.29 is 0 Å². The molecule has 0 fully saturated rings. The van der Waals surface area contributed by atoms with Crippen LogP contribution in [0.15, 0.2) is 164 Å². The van der Waals surface area contributed by atoms with E-state index in [1.807, 2.05) is 24.5 Å². The quantitative estimate of drug-likeness (QED) is 0.184. The first-order valence-corrected chi connectivity index (χ1v) is 15.6. The van der Waals surface area contributed by atoms with Crippen LogP contribution in [-0.4, -0.2) is 25.0 Å². The molecule has 220 valence electrons. The number of pyridine rings is 2. The molecule has 6 aromatic carbocycles. The molecule has 9 aromatic rings. The van der Waals surface area contributed by atoms with Gasteiger partial charge in [0.25, 0.3) is 0 Å². The number of hydrogen-bond acceptors (Lipinski definition) is 4. The van der Waals surface area contributed by atoms with Gasteiger partial charge in [0.15, 0.2) is 0 Å². The molecular weight excluding hydrogens is 574 g/mol. The van der Waals surface area contributed by atoms with E-state index in [9.17, 15) is 0 Å². The van der Waals surface area contributed by atoms with Crippen molar-refractivity contribution >= 4 is 32.6 Å². The van der Waals surface area contributed by atoms with Gasteiger partial charge in [0.1, 0.15) is 11.0 Å². The second-order valence-corrected chi connectivity index (χ2v) is 11.6. The van der Waals surface area contributed by atoms with Crippen LogP contribution in [0.25, 0.3) is 82.8 Å². The van der Waals surface area contributed by atoms with E-state index in [0.29, 0.717) is 0 Å². The molecule has 0 aliphatic heterocycles. The van der Waals surface area contributed by atoms with Crippen molar-refractivity contribution in [1.82, 2.24) is 25.0 Å². The van der Waals surface area contributed by atoms with E-state index in [0.717, 1.165) is 44.5 Å². The summed E-state index contributed by atoms with van der Waals surface area (Å²) in [4.78, 5) is 10.5. The molecule has 0 N–H and O–H groups in total. The molecule has 3 aromatic heterocycles. The summed E-state index contributed by atoms with van der Waals surface area (Å²) in [5, 5.41) is 15.1. The number of fused-ring (bicyclic) bond motifs is 3. The zero-order chi connectivity index (χ0) is 31.2. The lowest BCUT2D eigenvalue weighted by Gasteiger charge is -2.18. The smallest absolute Gasteiger partial charge is 0.122 e. The Morgan fingerprint density at radius 3 is 1.36 bits per heavy atom. The van der Waals surface area contributed by atoms with Gasteiger partial charge in [-0.15, -0.1) is 10.2 Å². The third kappa shape index (κ3) is 4.56. The van der Waals surface area contributed by atoms with Gasteiger partial charge < -0.3 is 0 Å². The SMILES string of the molecule is c1ccc(-c2c3ccccc3c(-c3cccc(-n4nc5c(-c6cccnc6)ccc(-c6cccnc6)c5n4)c3)c3ccccc23)cc1. The normalized spacial score (nSPS) is 11.4. The van der Waals surface area contributed by atoms with Crippen molar-refractivity contribution in [2.24, 2.45) is 0 Å². The molecule has 5 heteroatoms. The Hall–Kier alpha value is -6.46. The predicted molar refractivity (Wildman–Crippen MR) is 191 cm³/mol. The van der Waals surface area contributed by atoms with Crippen molar-refractivity contribution in [2.75, 3.05) is 0 Å². The molecule has 0 aliphatic rings. The van der Waals surface area contributed by atoms with Gasteiger partial charge in [-0.2, -0.15) is 4.80 Å². The second-order valence-electron chi connectivity index (χ2n) is 11.6. The summed E-state index contributed by atoms with van der Waals surface area (Å²) in [5.74, 6) is 0. The third-order valence-corrected chi connectivity index (χ3v) is 8.85. The highest BCUT2D eigenvalue weighted by atomic mass is 15.5. The first kappa shape index (κ1) is 26.9. The number of rotatable bonds is 5. The standard InChI is InChI=1S/C42H27N5/c1-2-11-28(12-3-1)39-35-17-4-6-19-37(35)40(38-20-7-5-18-36(38)39)29-13-8-16-32(25-29)47-45-41-33(30-14-9-23-43-26-30)21-22-34(42(41)46-47)31-15-10-24-44-27-31/h1-27H. The maximum atomic E-state index is 5.12. The lowest BCUT2D eigenvalue weighted by atomic mass is 9.86. The lowest BCUT2D eigenvalue weighted by molar-refractivity contribution is 0.766. The molecule has 0 spiro atoms.